The molecule has 0 aliphatic heterocycles. The highest BCUT2D eigenvalue weighted by atomic mass is 79.9. The molecule has 1 aromatic rings. The fraction of sp³-hybridized carbons (Fsp3) is 0.364. The number of hydrogen-bond donors (Lipinski definition) is 0. The average Bonchev–Trinajstić information content (AvgIpc) is 2.24. The molecule has 0 aromatic heterocycles. The van der Waals surface area contributed by atoms with Crippen molar-refractivity contribution in [1.29, 1.82) is 0 Å². The van der Waals surface area contributed by atoms with Crippen LogP contribution >= 0.6 is 15.9 Å². The lowest BCUT2D eigenvalue weighted by Gasteiger charge is -2.06. The van der Waals surface area contributed by atoms with Crippen molar-refractivity contribution in [2.75, 3.05) is 19.8 Å². The first-order valence-corrected chi connectivity index (χ1v) is 5.64. The van der Waals surface area contributed by atoms with Crippen molar-refractivity contribution in [2.45, 2.75) is 6.92 Å². The van der Waals surface area contributed by atoms with Gasteiger partial charge in [0.05, 0.1) is 12.2 Å². The first-order chi connectivity index (χ1) is 7.65. The van der Waals surface area contributed by atoms with Crippen molar-refractivity contribution >= 4 is 21.9 Å². The zero-order valence-corrected chi connectivity index (χ0v) is 10.4. The lowest BCUT2D eigenvalue weighted by Crippen LogP contribution is -2.11. The fourth-order valence-corrected chi connectivity index (χ4v) is 1.58. The van der Waals surface area contributed by atoms with Crippen molar-refractivity contribution in [2.24, 2.45) is 0 Å². The van der Waals surface area contributed by atoms with Crippen LogP contribution in [0.15, 0.2) is 22.7 Å². The Morgan fingerprint density at radius 2 is 2.19 bits per heavy atom. The van der Waals surface area contributed by atoms with Crippen LogP contribution < -0.4 is 0 Å². The van der Waals surface area contributed by atoms with E-state index >= 15 is 0 Å². The van der Waals surface area contributed by atoms with Gasteiger partial charge in [-0.2, -0.15) is 0 Å². The van der Waals surface area contributed by atoms with Crippen LogP contribution in [0, 0.1) is 5.82 Å². The number of carbonyl (C=O) groups is 1. The number of benzene rings is 1. The minimum atomic E-state index is -0.494. The van der Waals surface area contributed by atoms with Gasteiger partial charge in [-0.25, -0.2) is 9.18 Å². The normalized spacial score (nSPS) is 10.2. The largest absolute Gasteiger partial charge is 0.460 e. The van der Waals surface area contributed by atoms with Crippen LogP contribution in [0.25, 0.3) is 0 Å². The number of esters is 1. The summed E-state index contributed by atoms with van der Waals surface area (Å²) in [5, 5.41) is 0. The molecule has 0 spiro atoms. The predicted octanol–water partition coefficient (Wildman–Crippen LogP) is 2.78. The van der Waals surface area contributed by atoms with Crippen LogP contribution in [-0.2, 0) is 9.47 Å². The molecule has 88 valence electrons. The Bertz CT molecular complexity index is 368. The molecule has 0 saturated carbocycles. The highest BCUT2D eigenvalue weighted by Gasteiger charge is 2.11. The summed E-state index contributed by atoms with van der Waals surface area (Å²) < 4.78 is 23.1. The first kappa shape index (κ1) is 13.1. The van der Waals surface area contributed by atoms with E-state index in [4.69, 9.17) is 9.47 Å². The molecule has 0 saturated heterocycles. The molecular formula is C11H12BrFO3. The summed E-state index contributed by atoms with van der Waals surface area (Å²) in [6, 6.07) is 3.81. The maximum atomic E-state index is 12.8. The molecule has 0 N–H and O–H groups in total. The Hall–Kier alpha value is -0.940. The van der Waals surface area contributed by atoms with E-state index in [1.54, 1.807) is 0 Å². The quantitative estimate of drug-likeness (QED) is 0.618. The van der Waals surface area contributed by atoms with E-state index in [1.165, 1.54) is 18.2 Å². The minimum Gasteiger partial charge on any atom is -0.460 e. The summed E-state index contributed by atoms with van der Waals surface area (Å²) in [7, 11) is 0. The Morgan fingerprint density at radius 3 is 2.81 bits per heavy atom. The second kappa shape index (κ2) is 6.60. The zero-order valence-electron chi connectivity index (χ0n) is 8.83. The highest BCUT2D eigenvalue weighted by molar-refractivity contribution is 9.10. The van der Waals surface area contributed by atoms with Gasteiger partial charge in [-0.3, -0.25) is 0 Å². The summed E-state index contributed by atoms with van der Waals surface area (Å²) in [5.74, 6) is -0.899. The number of ether oxygens (including phenoxy) is 2. The standard InChI is InChI=1S/C11H12BrFO3/c1-2-15-5-6-16-11(14)9-4-3-8(13)7-10(9)12/h3-4,7H,2,5-6H2,1H3. The molecule has 16 heavy (non-hydrogen) atoms. The summed E-state index contributed by atoms with van der Waals surface area (Å²) >= 11 is 3.10. The van der Waals surface area contributed by atoms with Gasteiger partial charge in [0, 0.05) is 11.1 Å². The van der Waals surface area contributed by atoms with Gasteiger partial charge in [-0.15, -0.1) is 0 Å². The molecule has 1 rings (SSSR count). The Kier molecular flexibility index (Phi) is 5.42. The van der Waals surface area contributed by atoms with Gasteiger partial charge < -0.3 is 9.47 Å². The van der Waals surface area contributed by atoms with Crippen molar-refractivity contribution in [3.63, 3.8) is 0 Å². The molecule has 3 nitrogen and oxygen atoms in total. The van der Waals surface area contributed by atoms with Crippen LogP contribution in [0.5, 0.6) is 0 Å². The van der Waals surface area contributed by atoms with E-state index < -0.39 is 11.8 Å². The van der Waals surface area contributed by atoms with Crippen LogP contribution in [0.1, 0.15) is 17.3 Å². The van der Waals surface area contributed by atoms with E-state index in [9.17, 15) is 9.18 Å². The molecule has 1 aromatic carbocycles. The lowest BCUT2D eigenvalue weighted by atomic mass is 10.2. The van der Waals surface area contributed by atoms with Gasteiger partial charge in [0.25, 0.3) is 0 Å². The maximum absolute atomic E-state index is 12.8. The second-order valence-corrected chi connectivity index (χ2v) is 3.81. The summed E-state index contributed by atoms with van der Waals surface area (Å²) in [6.45, 7) is 2.99. The van der Waals surface area contributed by atoms with Crippen LogP contribution in [0.3, 0.4) is 0 Å². The smallest absolute Gasteiger partial charge is 0.339 e. The topological polar surface area (TPSA) is 35.5 Å². The van der Waals surface area contributed by atoms with Gasteiger partial charge in [0.1, 0.15) is 12.4 Å². The molecule has 0 aliphatic carbocycles. The number of carbonyl (C=O) groups excluding carboxylic acids is 1. The van der Waals surface area contributed by atoms with E-state index in [0.29, 0.717) is 23.2 Å². The monoisotopic (exact) mass is 290 g/mol. The Labute approximate surface area is 102 Å². The predicted molar refractivity (Wildman–Crippen MR) is 60.9 cm³/mol. The molecule has 0 fully saturated rings. The van der Waals surface area contributed by atoms with Crippen LogP contribution in [0.2, 0.25) is 0 Å². The third kappa shape index (κ3) is 3.90. The minimum absolute atomic E-state index is 0.191. The van der Waals surface area contributed by atoms with E-state index in [-0.39, 0.29) is 6.61 Å². The number of halogens is 2. The van der Waals surface area contributed by atoms with Gasteiger partial charge in [0.2, 0.25) is 0 Å². The van der Waals surface area contributed by atoms with Crippen molar-refractivity contribution < 1.29 is 18.7 Å². The summed E-state index contributed by atoms with van der Waals surface area (Å²) in [6.07, 6.45) is 0. The number of hydrogen-bond acceptors (Lipinski definition) is 3. The Balaban J connectivity index is 2.53. The molecule has 5 heteroatoms. The van der Waals surface area contributed by atoms with Gasteiger partial charge in [-0.05, 0) is 41.1 Å². The van der Waals surface area contributed by atoms with Gasteiger partial charge >= 0.3 is 5.97 Å². The van der Waals surface area contributed by atoms with Crippen LogP contribution in [0.4, 0.5) is 4.39 Å². The van der Waals surface area contributed by atoms with Gasteiger partial charge in [0.15, 0.2) is 0 Å². The number of rotatable bonds is 5. The average molecular weight is 291 g/mol. The molecule has 0 heterocycles. The SMILES string of the molecule is CCOCCOC(=O)c1ccc(F)cc1Br. The molecule has 0 radical (unpaired) electrons. The molecule has 0 atom stereocenters. The summed E-state index contributed by atoms with van der Waals surface area (Å²) in [5.41, 5.74) is 0.304. The van der Waals surface area contributed by atoms with E-state index in [1.807, 2.05) is 6.92 Å². The van der Waals surface area contributed by atoms with Crippen molar-refractivity contribution in [3.8, 4) is 0 Å². The third-order valence-corrected chi connectivity index (χ3v) is 2.47. The second-order valence-electron chi connectivity index (χ2n) is 2.96. The maximum Gasteiger partial charge on any atom is 0.339 e. The zero-order chi connectivity index (χ0) is 12.0. The lowest BCUT2D eigenvalue weighted by molar-refractivity contribution is 0.0334. The van der Waals surface area contributed by atoms with Crippen molar-refractivity contribution in [3.05, 3.63) is 34.1 Å². The van der Waals surface area contributed by atoms with Crippen LogP contribution in [-0.4, -0.2) is 25.8 Å². The molecule has 0 unspecified atom stereocenters. The third-order valence-electron chi connectivity index (χ3n) is 1.82. The molecular weight excluding hydrogens is 279 g/mol. The Morgan fingerprint density at radius 1 is 1.44 bits per heavy atom. The molecule has 0 amide bonds. The first-order valence-electron chi connectivity index (χ1n) is 4.85. The van der Waals surface area contributed by atoms with E-state index in [0.717, 1.165) is 0 Å². The molecule has 0 aliphatic rings. The highest BCUT2D eigenvalue weighted by Crippen LogP contribution is 2.18. The van der Waals surface area contributed by atoms with Gasteiger partial charge in [-0.1, -0.05) is 0 Å². The summed E-state index contributed by atoms with van der Waals surface area (Å²) in [4.78, 5) is 11.5. The van der Waals surface area contributed by atoms with E-state index in [2.05, 4.69) is 15.9 Å². The fourth-order valence-electron chi connectivity index (χ4n) is 1.07. The van der Waals surface area contributed by atoms with Crippen molar-refractivity contribution in [1.82, 2.24) is 0 Å². The molecule has 0 bridgehead atoms.